The van der Waals surface area contributed by atoms with Gasteiger partial charge in [0.25, 0.3) is 0 Å². The van der Waals surface area contributed by atoms with E-state index in [4.69, 9.17) is 4.74 Å². The number of benzene rings is 2. The number of hydrogen-bond acceptors (Lipinski definition) is 3. The standard InChI is InChI=1S/C28H31N3O2/c32-27-31(22-5-2-1-3-6-22)19-28(33-27)13-15-29(16-14-28)17-21-18-30(23-11-12-23)25-8-4-7-24(26(21)25)20-9-10-20/h1-8,18,20,23H,9-17,19H2. The van der Waals surface area contributed by atoms with E-state index < -0.39 is 0 Å². The van der Waals surface area contributed by atoms with E-state index in [2.05, 4.69) is 33.9 Å². The predicted octanol–water partition coefficient (Wildman–Crippen LogP) is 5.85. The summed E-state index contributed by atoms with van der Waals surface area (Å²) in [7, 11) is 0. The first-order valence-electron chi connectivity index (χ1n) is 12.6. The summed E-state index contributed by atoms with van der Waals surface area (Å²) in [6.45, 7) is 3.60. The van der Waals surface area contributed by atoms with Crippen molar-refractivity contribution in [2.75, 3.05) is 24.5 Å². The SMILES string of the molecule is O=C1OC2(CCN(Cc3cn(C4CC4)c4cccc(C5CC5)c34)CC2)CN1c1ccccc1. The molecule has 2 saturated carbocycles. The number of amides is 1. The molecule has 5 nitrogen and oxygen atoms in total. The summed E-state index contributed by atoms with van der Waals surface area (Å²) in [5.74, 6) is 0.758. The number of carbonyl (C=O) groups excluding carboxylic acids is 1. The molecule has 0 radical (unpaired) electrons. The van der Waals surface area contributed by atoms with Crippen LogP contribution >= 0.6 is 0 Å². The second-order valence-corrected chi connectivity index (χ2v) is 10.6. The number of rotatable bonds is 5. The number of anilines is 1. The van der Waals surface area contributed by atoms with Crippen LogP contribution in [0.25, 0.3) is 10.9 Å². The zero-order valence-corrected chi connectivity index (χ0v) is 19.1. The molecule has 2 aromatic carbocycles. The molecule has 2 aliphatic carbocycles. The minimum atomic E-state index is -0.343. The molecule has 0 unspecified atom stereocenters. The normalized spacial score (nSPS) is 22.9. The Hall–Kier alpha value is -2.79. The van der Waals surface area contributed by atoms with Crippen LogP contribution in [-0.2, 0) is 11.3 Å². The minimum Gasteiger partial charge on any atom is -0.441 e. The summed E-state index contributed by atoms with van der Waals surface area (Å²) in [5.41, 5.74) is 5.09. The maximum atomic E-state index is 12.6. The van der Waals surface area contributed by atoms with Gasteiger partial charge in [-0.05, 0) is 60.9 Å². The predicted molar refractivity (Wildman–Crippen MR) is 130 cm³/mol. The van der Waals surface area contributed by atoms with Gasteiger partial charge in [0, 0.05) is 61.3 Å². The topological polar surface area (TPSA) is 37.7 Å². The Kier molecular flexibility index (Phi) is 4.38. The molecule has 33 heavy (non-hydrogen) atoms. The summed E-state index contributed by atoms with van der Waals surface area (Å²) in [6, 6.07) is 17.6. The van der Waals surface area contributed by atoms with Crippen molar-refractivity contribution < 1.29 is 9.53 Å². The van der Waals surface area contributed by atoms with E-state index in [1.165, 1.54) is 42.1 Å². The Bertz CT molecular complexity index is 1200. The first-order valence-corrected chi connectivity index (χ1v) is 12.6. The van der Waals surface area contributed by atoms with Crippen LogP contribution in [0.1, 0.15) is 61.6 Å². The van der Waals surface area contributed by atoms with Crippen LogP contribution in [0.5, 0.6) is 0 Å². The highest BCUT2D eigenvalue weighted by Gasteiger charge is 2.47. The number of fused-ring (bicyclic) bond motifs is 1. The lowest BCUT2D eigenvalue weighted by Crippen LogP contribution is -2.46. The van der Waals surface area contributed by atoms with Gasteiger partial charge in [-0.2, -0.15) is 0 Å². The Balaban J connectivity index is 1.10. The molecule has 2 aliphatic heterocycles. The second-order valence-electron chi connectivity index (χ2n) is 10.6. The number of carbonyl (C=O) groups is 1. The van der Waals surface area contributed by atoms with E-state index in [0.717, 1.165) is 44.1 Å². The Labute approximate surface area is 194 Å². The fraction of sp³-hybridized carbons (Fsp3) is 0.464. The molecule has 4 aliphatic rings. The Morgan fingerprint density at radius 3 is 2.45 bits per heavy atom. The zero-order valence-electron chi connectivity index (χ0n) is 19.1. The maximum absolute atomic E-state index is 12.6. The fourth-order valence-electron chi connectivity index (χ4n) is 5.98. The van der Waals surface area contributed by atoms with Crippen molar-refractivity contribution in [3.05, 3.63) is 65.9 Å². The quantitative estimate of drug-likeness (QED) is 0.499. The van der Waals surface area contributed by atoms with Gasteiger partial charge in [-0.25, -0.2) is 4.79 Å². The second kappa shape index (κ2) is 7.36. The summed E-state index contributed by atoms with van der Waals surface area (Å²) >= 11 is 0. The van der Waals surface area contributed by atoms with E-state index in [9.17, 15) is 4.79 Å². The van der Waals surface area contributed by atoms with Crippen LogP contribution in [-0.4, -0.2) is 40.8 Å². The first kappa shape index (κ1) is 19.7. The van der Waals surface area contributed by atoms with Crippen molar-refractivity contribution in [2.45, 2.75) is 62.6 Å². The molecule has 1 spiro atoms. The number of nitrogens with zero attached hydrogens (tertiary/aromatic N) is 3. The lowest BCUT2D eigenvalue weighted by atomic mass is 9.91. The van der Waals surface area contributed by atoms with Crippen LogP contribution in [0.4, 0.5) is 10.5 Å². The molecule has 1 amide bonds. The van der Waals surface area contributed by atoms with Crippen LogP contribution in [0.3, 0.4) is 0 Å². The third-order valence-corrected chi connectivity index (χ3v) is 8.13. The lowest BCUT2D eigenvalue weighted by molar-refractivity contribution is -0.000891. The largest absolute Gasteiger partial charge is 0.441 e. The van der Waals surface area contributed by atoms with E-state index in [1.807, 2.05) is 30.3 Å². The molecular weight excluding hydrogens is 410 g/mol. The van der Waals surface area contributed by atoms with Gasteiger partial charge in [-0.15, -0.1) is 0 Å². The van der Waals surface area contributed by atoms with Crippen molar-refractivity contribution >= 4 is 22.7 Å². The van der Waals surface area contributed by atoms with Crippen molar-refractivity contribution in [1.29, 1.82) is 0 Å². The molecule has 0 atom stereocenters. The summed E-state index contributed by atoms with van der Waals surface area (Å²) in [4.78, 5) is 17.0. The molecule has 0 bridgehead atoms. The number of ether oxygens (including phenoxy) is 1. The Morgan fingerprint density at radius 1 is 0.939 bits per heavy atom. The Morgan fingerprint density at radius 2 is 1.73 bits per heavy atom. The summed E-state index contributed by atoms with van der Waals surface area (Å²) < 4.78 is 8.54. The number of hydrogen-bond donors (Lipinski definition) is 0. The lowest BCUT2D eigenvalue weighted by Gasteiger charge is -2.37. The molecule has 3 aromatic rings. The fourth-order valence-corrected chi connectivity index (χ4v) is 5.98. The smallest absolute Gasteiger partial charge is 0.415 e. The number of piperidine rings is 1. The van der Waals surface area contributed by atoms with Gasteiger partial charge >= 0.3 is 6.09 Å². The third-order valence-electron chi connectivity index (χ3n) is 8.13. The highest BCUT2D eigenvalue weighted by Crippen LogP contribution is 2.47. The highest BCUT2D eigenvalue weighted by molar-refractivity contribution is 5.90. The van der Waals surface area contributed by atoms with Crippen LogP contribution in [0.15, 0.2) is 54.7 Å². The van der Waals surface area contributed by atoms with Crippen LogP contribution < -0.4 is 4.90 Å². The van der Waals surface area contributed by atoms with E-state index in [0.29, 0.717) is 12.6 Å². The summed E-state index contributed by atoms with van der Waals surface area (Å²) in [5, 5.41) is 1.52. The minimum absolute atomic E-state index is 0.198. The van der Waals surface area contributed by atoms with Gasteiger partial charge in [0.15, 0.2) is 0 Å². The molecule has 1 aromatic heterocycles. The number of likely N-dealkylation sites (tertiary alicyclic amines) is 1. The van der Waals surface area contributed by atoms with Gasteiger partial charge in [0.1, 0.15) is 5.60 Å². The van der Waals surface area contributed by atoms with Gasteiger partial charge in [-0.1, -0.05) is 30.3 Å². The van der Waals surface area contributed by atoms with Gasteiger partial charge in [0.05, 0.1) is 6.54 Å². The van der Waals surface area contributed by atoms with E-state index in [1.54, 1.807) is 10.5 Å². The molecule has 4 fully saturated rings. The molecule has 5 heteroatoms. The van der Waals surface area contributed by atoms with Crippen molar-refractivity contribution in [1.82, 2.24) is 9.47 Å². The van der Waals surface area contributed by atoms with E-state index >= 15 is 0 Å². The van der Waals surface area contributed by atoms with Crippen molar-refractivity contribution in [3.63, 3.8) is 0 Å². The molecule has 7 rings (SSSR count). The average Bonchev–Trinajstić information content (AvgIpc) is 3.77. The van der Waals surface area contributed by atoms with Gasteiger partial charge in [-0.3, -0.25) is 9.80 Å². The zero-order chi connectivity index (χ0) is 22.0. The van der Waals surface area contributed by atoms with Crippen molar-refractivity contribution in [3.8, 4) is 0 Å². The van der Waals surface area contributed by atoms with Gasteiger partial charge in [0.2, 0.25) is 0 Å². The van der Waals surface area contributed by atoms with Gasteiger partial charge < -0.3 is 9.30 Å². The van der Waals surface area contributed by atoms with Crippen molar-refractivity contribution in [2.24, 2.45) is 0 Å². The number of aromatic nitrogens is 1. The highest BCUT2D eigenvalue weighted by atomic mass is 16.6. The first-order chi connectivity index (χ1) is 16.2. The molecule has 2 saturated heterocycles. The van der Waals surface area contributed by atoms with E-state index in [-0.39, 0.29) is 11.7 Å². The molecule has 3 heterocycles. The average molecular weight is 442 g/mol. The molecular formula is C28H31N3O2. The summed E-state index contributed by atoms with van der Waals surface area (Å²) in [6.07, 6.45) is 9.35. The molecule has 0 N–H and O–H groups in total. The molecule has 170 valence electrons. The van der Waals surface area contributed by atoms with Crippen LogP contribution in [0.2, 0.25) is 0 Å². The monoisotopic (exact) mass is 441 g/mol. The number of para-hydroxylation sites is 1. The van der Waals surface area contributed by atoms with Crippen LogP contribution in [0, 0.1) is 0 Å². The third kappa shape index (κ3) is 3.45. The maximum Gasteiger partial charge on any atom is 0.415 e.